The Hall–Kier alpha value is -2.44. The third-order valence-electron chi connectivity index (χ3n) is 1.66. The van der Waals surface area contributed by atoms with Crippen LogP contribution in [0.1, 0.15) is 26.9 Å². The lowest BCUT2D eigenvalue weighted by Gasteiger charge is -1.95. The van der Waals surface area contributed by atoms with E-state index in [-0.39, 0.29) is 11.4 Å². The first-order chi connectivity index (χ1) is 7.66. The van der Waals surface area contributed by atoms with Crippen molar-refractivity contribution in [3.63, 3.8) is 0 Å². The predicted octanol–water partition coefficient (Wildman–Crippen LogP) is 0.968. The standard InChI is InChI=1S/C9H6N2O5/c1-5-11-7(3-15-5)9(13)16-8(12)6-2-14-4-10-6/h2-4H,1H3. The summed E-state index contributed by atoms with van der Waals surface area (Å²) in [6.45, 7) is 1.57. The summed E-state index contributed by atoms with van der Waals surface area (Å²) in [5.41, 5.74) is -0.164. The van der Waals surface area contributed by atoms with E-state index in [1.165, 1.54) is 0 Å². The van der Waals surface area contributed by atoms with Crippen LogP contribution in [0.3, 0.4) is 0 Å². The topological polar surface area (TPSA) is 95.4 Å². The molecule has 0 radical (unpaired) electrons. The van der Waals surface area contributed by atoms with Crippen LogP contribution in [-0.2, 0) is 4.74 Å². The van der Waals surface area contributed by atoms with Gasteiger partial charge in [0.15, 0.2) is 23.7 Å². The molecule has 0 amide bonds. The maximum Gasteiger partial charge on any atom is 0.368 e. The molecule has 0 bridgehead atoms. The van der Waals surface area contributed by atoms with E-state index in [0.717, 1.165) is 18.9 Å². The van der Waals surface area contributed by atoms with Crippen molar-refractivity contribution in [1.29, 1.82) is 0 Å². The van der Waals surface area contributed by atoms with E-state index in [2.05, 4.69) is 19.1 Å². The van der Waals surface area contributed by atoms with Crippen LogP contribution >= 0.6 is 0 Å². The molecular weight excluding hydrogens is 216 g/mol. The average molecular weight is 222 g/mol. The van der Waals surface area contributed by atoms with Crippen molar-refractivity contribution in [3.05, 3.63) is 36.2 Å². The number of carbonyl (C=O) groups is 2. The second-order valence-corrected chi connectivity index (χ2v) is 2.80. The van der Waals surface area contributed by atoms with Crippen LogP contribution in [0.4, 0.5) is 0 Å². The van der Waals surface area contributed by atoms with Crippen LogP contribution in [0, 0.1) is 6.92 Å². The SMILES string of the molecule is Cc1nc(C(=O)OC(=O)c2cocn2)co1. The monoisotopic (exact) mass is 222 g/mol. The molecule has 7 heteroatoms. The minimum absolute atomic E-state index is 0.0747. The molecule has 0 atom stereocenters. The summed E-state index contributed by atoms with van der Waals surface area (Å²) in [6, 6.07) is 0. The largest absolute Gasteiger partial charge is 0.451 e. The highest BCUT2D eigenvalue weighted by Crippen LogP contribution is 2.05. The Morgan fingerprint density at radius 2 is 2.00 bits per heavy atom. The van der Waals surface area contributed by atoms with Gasteiger partial charge in [-0.15, -0.1) is 0 Å². The molecule has 0 N–H and O–H groups in total. The molecule has 2 aromatic heterocycles. The van der Waals surface area contributed by atoms with Gasteiger partial charge in [-0.25, -0.2) is 19.6 Å². The van der Waals surface area contributed by atoms with Crippen molar-refractivity contribution in [2.75, 3.05) is 0 Å². The summed E-state index contributed by atoms with van der Waals surface area (Å²) in [4.78, 5) is 29.9. The van der Waals surface area contributed by atoms with Gasteiger partial charge in [-0.05, 0) is 0 Å². The predicted molar refractivity (Wildman–Crippen MR) is 47.5 cm³/mol. The van der Waals surface area contributed by atoms with Gasteiger partial charge >= 0.3 is 11.9 Å². The Morgan fingerprint density at radius 3 is 2.56 bits per heavy atom. The number of hydrogen-bond donors (Lipinski definition) is 0. The van der Waals surface area contributed by atoms with Crippen LogP contribution in [-0.4, -0.2) is 21.9 Å². The molecule has 0 aromatic carbocycles. The Bertz CT molecular complexity index is 514. The van der Waals surface area contributed by atoms with E-state index in [4.69, 9.17) is 4.42 Å². The number of ether oxygens (including phenoxy) is 1. The van der Waals surface area contributed by atoms with Gasteiger partial charge in [0.1, 0.15) is 12.5 Å². The highest BCUT2D eigenvalue weighted by molar-refractivity contribution is 6.00. The molecule has 2 aromatic rings. The molecule has 0 aliphatic rings. The van der Waals surface area contributed by atoms with Gasteiger partial charge in [0.2, 0.25) is 0 Å². The lowest BCUT2D eigenvalue weighted by Crippen LogP contribution is -2.13. The number of esters is 2. The Morgan fingerprint density at radius 1 is 1.25 bits per heavy atom. The summed E-state index contributed by atoms with van der Waals surface area (Å²) in [5, 5.41) is 0. The maximum atomic E-state index is 11.3. The van der Waals surface area contributed by atoms with Gasteiger partial charge in [-0.2, -0.15) is 0 Å². The molecule has 0 aliphatic carbocycles. The van der Waals surface area contributed by atoms with Crippen LogP contribution in [0.5, 0.6) is 0 Å². The van der Waals surface area contributed by atoms with Crippen molar-refractivity contribution >= 4 is 11.9 Å². The summed E-state index contributed by atoms with van der Waals surface area (Å²) in [5.74, 6) is -1.50. The smallest absolute Gasteiger partial charge is 0.368 e. The second-order valence-electron chi connectivity index (χ2n) is 2.80. The zero-order chi connectivity index (χ0) is 11.5. The molecule has 0 unspecified atom stereocenters. The van der Waals surface area contributed by atoms with Crippen molar-refractivity contribution < 1.29 is 23.2 Å². The Labute approximate surface area is 89.0 Å². The van der Waals surface area contributed by atoms with Crippen LogP contribution < -0.4 is 0 Å². The normalized spacial score (nSPS) is 10.1. The molecule has 0 fully saturated rings. The van der Waals surface area contributed by atoms with E-state index in [1.54, 1.807) is 6.92 Å². The highest BCUT2D eigenvalue weighted by atomic mass is 16.6. The van der Waals surface area contributed by atoms with Gasteiger partial charge in [-0.3, -0.25) is 0 Å². The van der Waals surface area contributed by atoms with Gasteiger partial charge in [0, 0.05) is 6.92 Å². The fourth-order valence-corrected chi connectivity index (χ4v) is 0.959. The number of aromatic nitrogens is 2. The average Bonchev–Trinajstić information content (AvgIpc) is 2.87. The molecule has 16 heavy (non-hydrogen) atoms. The maximum absolute atomic E-state index is 11.3. The first-order valence-corrected chi connectivity index (χ1v) is 4.23. The quantitative estimate of drug-likeness (QED) is 0.551. The number of rotatable bonds is 2. The van der Waals surface area contributed by atoms with E-state index >= 15 is 0 Å². The lowest BCUT2D eigenvalue weighted by atomic mass is 10.4. The van der Waals surface area contributed by atoms with Gasteiger partial charge in [-0.1, -0.05) is 0 Å². The number of hydrogen-bond acceptors (Lipinski definition) is 7. The zero-order valence-electron chi connectivity index (χ0n) is 8.17. The first kappa shape index (κ1) is 10.1. The van der Waals surface area contributed by atoms with Gasteiger partial charge < -0.3 is 13.6 Å². The van der Waals surface area contributed by atoms with E-state index in [1.807, 2.05) is 0 Å². The number of nitrogens with zero attached hydrogens (tertiary/aromatic N) is 2. The summed E-state index contributed by atoms with van der Waals surface area (Å²) >= 11 is 0. The van der Waals surface area contributed by atoms with Crippen LogP contribution in [0.25, 0.3) is 0 Å². The lowest BCUT2D eigenvalue weighted by molar-refractivity contribution is 0.0389. The Kier molecular flexibility index (Phi) is 2.50. The van der Waals surface area contributed by atoms with Crippen LogP contribution in [0.15, 0.2) is 27.8 Å². The molecule has 7 nitrogen and oxygen atoms in total. The Balaban J connectivity index is 2.06. The van der Waals surface area contributed by atoms with Gasteiger partial charge in [0.25, 0.3) is 0 Å². The molecular formula is C9H6N2O5. The number of carbonyl (C=O) groups excluding carboxylic acids is 2. The van der Waals surface area contributed by atoms with Crippen molar-refractivity contribution in [1.82, 2.24) is 9.97 Å². The number of oxazole rings is 2. The zero-order valence-corrected chi connectivity index (χ0v) is 8.17. The molecule has 2 heterocycles. The van der Waals surface area contributed by atoms with E-state index < -0.39 is 11.9 Å². The minimum atomic E-state index is -0.903. The molecule has 0 saturated carbocycles. The third-order valence-corrected chi connectivity index (χ3v) is 1.66. The highest BCUT2D eigenvalue weighted by Gasteiger charge is 2.19. The van der Waals surface area contributed by atoms with Crippen molar-refractivity contribution in [3.8, 4) is 0 Å². The summed E-state index contributed by atoms with van der Waals surface area (Å²) < 4.78 is 13.8. The van der Waals surface area contributed by atoms with E-state index in [0.29, 0.717) is 5.89 Å². The fraction of sp³-hybridized carbons (Fsp3) is 0.111. The molecule has 0 spiro atoms. The van der Waals surface area contributed by atoms with Crippen LogP contribution in [0.2, 0.25) is 0 Å². The molecule has 0 aliphatic heterocycles. The second kappa shape index (κ2) is 3.97. The molecule has 82 valence electrons. The summed E-state index contributed by atoms with van der Waals surface area (Å²) in [7, 11) is 0. The third kappa shape index (κ3) is 1.97. The first-order valence-electron chi connectivity index (χ1n) is 4.23. The molecule has 0 saturated heterocycles. The van der Waals surface area contributed by atoms with Gasteiger partial charge in [0.05, 0.1) is 0 Å². The fourth-order valence-electron chi connectivity index (χ4n) is 0.959. The molecule has 2 rings (SSSR count). The summed E-state index contributed by atoms with van der Waals surface area (Å²) in [6.07, 6.45) is 3.23. The minimum Gasteiger partial charge on any atom is -0.451 e. The number of aryl methyl sites for hydroxylation is 1. The van der Waals surface area contributed by atoms with Crippen molar-refractivity contribution in [2.45, 2.75) is 6.92 Å². The van der Waals surface area contributed by atoms with E-state index in [9.17, 15) is 9.59 Å². The van der Waals surface area contributed by atoms with Crippen molar-refractivity contribution in [2.24, 2.45) is 0 Å².